The number of aldehydes is 1. The number of unbranched alkanes of at least 4 members (excludes halogenated alkanes) is 7. The van der Waals surface area contributed by atoms with E-state index in [-0.39, 0.29) is 5.92 Å². The molecular formula is C26H45N3O3. The lowest BCUT2D eigenvalue weighted by molar-refractivity contribution is -0.159. The van der Waals surface area contributed by atoms with Gasteiger partial charge in [-0.2, -0.15) is 0 Å². The summed E-state index contributed by atoms with van der Waals surface area (Å²) in [6.45, 7) is 7.33. The van der Waals surface area contributed by atoms with E-state index < -0.39 is 17.6 Å². The lowest BCUT2D eigenvalue weighted by Gasteiger charge is -2.26. The van der Waals surface area contributed by atoms with Crippen LogP contribution in [-0.2, 0) is 14.3 Å². The van der Waals surface area contributed by atoms with Crippen LogP contribution in [0.25, 0.3) is 10.4 Å². The summed E-state index contributed by atoms with van der Waals surface area (Å²) in [5, 5.41) is 3.51. The first kappa shape index (κ1) is 29.9. The van der Waals surface area contributed by atoms with Crippen LogP contribution in [0.15, 0.2) is 29.4 Å². The average molecular weight is 448 g/mol. The largest absolute Gasteiger partial charge is 0.454 e. The van der Waals surface area contributed by atoms with Crippen LogP contribution >= 0.6 is 0 Å². The number of carbonyl (C=O) groups is 2. The van der Waals surface area contributed by atoms with Gasteiger partial charge in [0.2, 0.25) is 0 Å². The topological polar surface area (TPSA) is 92.1 Å². The fourth-order valence-corrected chi connectivity index (χ4v) is 3.54. The lowest BCUT2D eigenvalue weighted by Crippen LogP contribution is -2.37. The van der Waals surface area contributed by atoms with E-state index in [0.717, 1.165) is 70.5 Å². The fourth-order valence-electron chi connectivity index (χ4n) is 3.54. The Morgan fingerprint density at radius 3 is 2.19 bits per heavy atom. The number of esters is 1. The second kappa shape index (κ2) is 19.6. The highest BCUT2D eigenvalue weighted by molar-refractivity contribution is 5.81. The van der Waals surface area contributed by atoms with Crippen molar-refractivity contribution in [2.45, 2.75) is 123 Å². The summed E-state index contributed by atoms with van der Waals surface area (Å²) < 4.78 is 5.51. The van der Waals surface area contributed by atoms with Crippen LogP contribution in [0.2, 0.25) is 0 Å². The van der Waals surface area contributed by atoms with Gasteiger partial charge in [-0.25, -0.2) is 0 Å². The molecule has 0 aliphatic rings. The van der Waals surface area contributed by atoms with Gasteiger partial charge in [-0.15, -0.1) is 0 Å². The first-order chi connectivity index (χ1) is 15.4. The van der Waals surface area contributed by atoms with Crippen molar-refractivity contribution >= 4 is 12.3 Å². The molecule has 0 N–H and O–H groups in total. The van der Waals surface area contributed by atoms with E-state index in [1.165, 1.54) is 33.1 Å². The molecule has 0 radical (unpaired) electrons. The number of hydrogen-bond acceptors (Lipinski definition) is 4. The minimum atomic E-state index is -1.32. The van der Waals surface area contributed by atoms with E-state index in [9.17, 15) is 9.59 Å². The summed E-state index contributed by atoms with van der Waals surface area (Å²) in [5.41, 5.74) is 7.35. The molecule has 0 saturated carbocycles. The van der Waals surface area contributed by atoms with Gasteiger partial charge < -0.3 is 4.74 Å². The van der Waals surface area contributed by atoms with E-state index in [1.54, 1.807) is 0 Å². The Labute approximate surface area is 195 Å². The monoisotopic (exact) mass is 447 g/mol. The standard InChI is InChI=1S/C26H45N3O3/c1-5-7-9-11-12-13-14-15-17-19-21-23(20-18-16-10-8-6-2)24(22-30)32-25(31)26(3,4)28-29-27/h7,9,12-13,22-24H,5-6,8,10-11,14-21H2,1-4H3/b9-7+,13-12+. The van der Waals surface area contributed by atoms with Crippen molar-refractivity contribution in [3.63, 3.8) is 0 Å². The molecule has 0 aromatic carbocycles. The molecule has 2 unspecified atom stereocenters. The van der Waals surface area contributed by atoms with Crippen LogP contribution in [-0.4, -0.2) is 23.9 Å². The van der Waals surface area contributed by atoms with Gasteiger partial charge in [0.25, 0.3) is 0 Å². The van der Waals surface area contributed by atoms with Crippen molar-refractivity contribution in [2.24, 2.45) is 11.0 Å². The van der Waals surface area contributed by atoms with Gasteiger partial charge >= 0.3 is 5.97 Å². The van der Waals surface area contributed by atoms with Gasteiger partial charge in [-0.3, -0.25) is 9.59 Å². The zero-order valence-electron chi connectivity index (χ0n) is 20.8. The molecule has 6 nitrogen and oxygen atoms in total. The molecule has 6 heteroatoms. The predicted octanol–water partition coefficient (Wildman–Crippen LogP) is 8.03. The minimum Gasteiger partial charge on any atom is -0.454 e. The van der Waals surface area contributed by atoms with Gasteiger partial charge in [0.05, 0.1) is 0 Å². The molecule has 0 rings (SSSR count). The fraction of sp³-hybridized carbons (Fsp3) is 0.769. The van der Waals surface area contributed by atoms with E-state index in [1.807, 2.05) is 0 Å². The number of allylic oxidation sites excluding steroid dienone is 4. The summed E-state index contributed by atoms with van der Waals surface area (Å²) in [7, 11) is 0. The lowest BCUT2D eigenvalue weighted by atomic mass is 9.90. The molecule has 32 heavy (non-hydrogen) atoms. The Bertz CT molecular complexity index is 607. The number of hydrogen-bond donors (Lipinski definition) is 0. The molecule has 0 spiro atoms. The third kappa shape index (κ3) is 14.9. The van der Waals surface area contributed by atoms with Crippen LogP contribution in [0, 0.1) is 5.92 Å². The molecule has 0 heterocycles. The third-order valence-corrected chi connectivity index (χ3v) is 5.60. The quantitative estimate of drug-likeness (QED) is 0.0359. The summed E-state index contributed by atoms with van der Waals surface area (Å²) in [6.07, 6.45) is 22.6. The Balaban J connectivity index is 4.69. The highest BCUT2D eigenvalue weighted by atomic mass is 16.5. The van der Waals surface area contributed by atoms with Gasteiger partial charge in [0, 0.05) is 10.8 Å². The van der Waals surface area contributed by atoms with E-state index in [0.29, 0.717) is 0 Å². The molecule has 2 atom stereocenters. The first-order valence-electron chi connectivity index (χ1n) is 12.5. The zero-order valence-corrected chi connectivity index (χ0v) is 20.8. The normalized spacial score (nSPS) is 13.8. The number of ether oxygens (including phenoxy) is 1. The Morgan fingerprint density at radius 2 is 1.59 bits per heavy atom. The molecular weight excluding hydrogens is 402 g/mol. The summed E-state index contributed by atoms with van der Waals surface area (Å²) in [5.74, 6) is -0.639. The van der Waals surface area contributed by atoms with Crippen LogP contribution in [0.1, 0.15) is 111 Å². The molecule has 0 aliphatic heterocycles. The third-order valence-electron chi connectivity index (χ3n) is 5.60. The van der Waals surface area contributed by atoms with Crippen LogP contribution in [0.5, 0.6) is 0 Å². The van der Waals surface area contributed by atoms with Crippen molar-refractivity contribution < 1.29 is 14.3 Å². The maximum atomic E-state index is 12.4. The summed E-state index contributed by atoms with van der Waals surface area (Å²) in [4.78, 5) is 26.9. The van der Waals surface area contributed by atoms with Crippen LogP contribution in [0.4, 0.5) is 0 Å². The summed E-state index contributed by atoms with van der Waals surface area (Å²) >= 11 is 0. The average Bonchev–Trinajstić information content (AvgIpc) is 2.77. The van der Waals surface area contributed by atoms with E-state index in [2.05, 4.69) is 48.2 Å². The van der Waals surface area contributed by atoms with Crippen molar-refractivity contribution in [1.29, 1.82) is 0 Å². The zero-order chi connectivity index (χ0) is 24.1. The van der Waals surface area contributed by atoms with Crippen LogP contribution < -0.4 is 0 Å². The van der Waals surface area contributed by atoms with Gasteiger partial charge in [0.15, 0.2) is 12.4 Å². The smallest absolute Gasteiger partial charge is 0.318 e. The highest BCUT2D eigenvalue weighted by Crippen LogP contribution is 2.25. The van der Waals surface area contributed by atoms with Crippen molar-refractivity contribution in [2.75, 3.05) is 0 Å². The summed E-state index contributed by atoms with van der Waals surface area (Å²) in [6, 6.07) is 0. The minimum absolute atomic E-state index is 0.00895. The highest BCUT2D eigenvalue weighted by Gasteiger charge is 2.33. The number of rotatable bonds is 20. The molecule has 0 bridgehead atoms. The molecule has 0 aromatic heterocycles. The molecule has 182 valence electrons. The van der Waals surface area contributed by atoms with E-state index in [4.69, 9.17) is 10.3 Å². The first-order valence-corrected chi connectivity index (χ1v) is 12.5. The van der Waals surface area contributed by atoms with Crippen molar-refractivity contribution in [3.8, 4) is 0 Å². The molecule has 0 amide bonds. The van der Waals surface area contributed by atoms with Crippen LogP contribution in [0.3, 0.4) is 0 Å². The van der Waals surface area contributed by atoms with E-state index >= 15 is 0 Å². The predicted molar refractivity (Wildman–Crippen MR) is 132 cm³/mol. The maximum absolute atomic E-state index is 12.4. The number of azide groups is 1. The Hall–Kier alpha value is -2.07. The van der Waals surface area contributed by atoms with Gasteiger partial charge in [-0.1, -0.05) is 88.2 Å². The SMILES string of the molecule is CC/C=C/C/C=C/CCCCCC(CCCCCCC)C(C=O)OC(=O)C(C)(C)N=[N+]=[N-]. The second-order valence-electron chi connectivity index (χ2n) is 8.94. The second-order valence-corrected chi connectivity index (χ2v) is 8.94. The van der Waals surface area contributed by atoms with Crippen molar-refractivity contribution in [1.82, 2.24) is 0 Å². The van der Waals surface area contributed by atoms with Gasteiger partial charge in [-0.05, 0) is 57.9 Å². The number of carbonyl (C=O) groups excluding carboxylic acids is 2. The Kier molecular flexibility index (Phi) is 18.3. The Morgan fingerprint density at radius 1 is 0.969 bits per heavy atom. The molecule has 0 fully saturated rings. The molecule has 0 aliphatic carbocycles. The molecule has 0 aromatic rings. The maximum Gasteiger partial charge on any atom is 0.318 e. The number of nitrogens with zero attached hydrogens (tertiary/aromatic N) is 3. The van der Waals surface area contributed by atoms with Crippen molar-refractivity contribution in [3.05, 3.63) is 34.7 Å². The van der Waals surface area contributed by atoms with Gasteiger partial charge in [0.1, 0.15) is 5.54 Å². The molecule has 0 saturated heterocycles.